The molecule has 0 aliphatic carbocycles. The molecule has 1 unspecified atom stereocenters. The Hall–Kier alpha value is -2.93. The number of carbonyl (C=O) groups is 2. The first-order chi connectivity index (χ1) is 15.1. The molecule has 0 saturated carbocycles. The Morgan fingerprint density at radius 2 is 1.91 bits per heavy atom. The van der Waals surface area contributed by atoms with E-state index >= 15 is 0 Å². The number of para-hydroxylation sites is 1. The molecule has 1 atom stereocenters. The van der Waals surface area contributed by atoms with Gasteiger partial charge in [-0.15, -0.1) is 11.3 Å². The van der Waals surface area contributed by atoms with Crippen molar-refractivity contribution < 1.29 is 19.4 Å². The number of hydrogen-bond donors (Lipinski definition) is 1. The van der Waals surface area contributed by atoms with E-state index in [1.807, 2.05) is 63.2 Å². The van der Waals surface area contributed by atoms with Crippen LogP contribution in [0.5, 0.6) is 0 Å². The molecule has 0 aliphatic heterocycles. The van der Waals surface area contributed by atoms with Gasteiger partial charge in [-0.05, 0) is 63.8 Å². The number of nitrogens with zero attached hydrogens (tertiary/aromatic N) is 2. The quantitative estimate of drug-likeness (QED) is 0.462. The third-order valence-corrected chi connectivity index (χ3v) is 6.14. The van der Waals surface area contributed by atoms with Crippen LogP contribution < -0.4 is 0 Å². The Labute approximate surface area is 192 Å². The highest BCUT2D eigenvalue weighted by Crippen LogP contribution is 2.31. The fourth-order valence-corrected chi connectivity index (χ4v) is 4.39. The Morgan fingerprint density at radius 1 is 1.16 bits per heavy atom. The molecule has 1 aromatic heterocycles. The minimum absolute atomic E-state index is 0.395. The predicted octanol–water partition coefficient (Wildman–Crippen LogP) is 5.85. The van der Waals surface area contributed by atoms with Gasteiger partial charge in [-0.2, -0.15) is 0 Å². The van der Waals surface area contributed by atoms with Crippen molar-refractivity contribution in [3.63, 3.8) is 0 Å². The molecule has 0 fully saturated rings. The number of hydrogen-bond acceptors (Lipinski definition) is 5. The van der Waals surface area contributed by atoms with Crippen LogP contribution in [0.2, 0.25) is 0 Å². The second-order valence-corrected chi connectivity index (χ2v) is 10.0. The van der Waals surface area contributed by atoms with Crippen molar-refractivity contribution in [2.75, 3.05) is 13.6 Å². The second-order valence-electron chi connectivity index (χ2n) is 8.97. The molecular formula is C25H30N2O4S. The van der Waals surface area contributed by atoms with Gasteiger partial charge < -0.3 is 14.7 Å². The molecule has 1 heterocycles. The SMILES string of the molecule is CN(CCCC(Cc1cccc(-c2nc3ccccc3s2)c1)C(=O)O)C(=O)OC(C)(C)C. The van der Waals surface area contributed by atoms with Gasteiger partial charge in [-0.3, -0.25) is 4.79 Å². The zero-order chi connectivity index (χ0) is 23.3. The average molecular weight is 455 g/mol. The Balaban J connectivity index is 1.62. The summed E-state index contributed by atoms with van der Waals surface area (Å²) in [5, 5.41) is 10.7. The van der Waals surface area contributed by atoms with Gasteiger partial charge >= 0.3 is 12.1 Å². The third kappa shape index (κ3) is 6.53. The Morgan fingerprint density at radius 3 is 2.59 bits per heavy atom. The molecular weight excluding hydrogens is 424 g/mol. The van der Waals surface area contributed by atoms with Crippen LogP contribution in [0.3, 0.4) is 0 Å². The van der Waals surface area contributed by atoms with Crippen LogP contribution in [0, 0.1) is 5.92 Å². The number of carbonyl (C=O) groups excluding carboxylic acids is 1. The van der Waals surface area contributed by atoms with Crippen LogP contribution in [0.1, 0.15) is 39.2 Å². The van der Waals surface area contributed by atoms with Gasteiger partial charge in [0.25, 0.3) is 0 Å². The van der Waals surface area contributed by atoms with Crippen molar-refractivity contribution in [2.45, 2.75) is 45.6 Å². The summed E-state index contributed by atoms with van der Waals surface area (Å²) in [6.45, 7) is 5.91. The molecule has 170 valence electrons. The number of amides is 1. The smallest absolute Gasteiger partial charge is 0.410 e. The average Bonchev–Trinajstić information content (AvgIpc) is 3.16. The molecule has 7 heteroatoms. The summed E-state index contributed by atoms with van der Waals surface area (Å²) < 4.78 is 6.47. The maximum atomic E-state index is 12.1. The molecule has 0 bridgehead atoms. The van der Waals surface area contributed by atoms with Gasteiger partial charge in [0.1, 0.15) is 10.6 Å². The number of benzene rings is 2. The number of thiazole rings is 1. The van der Waals surface area contributed by atoms with E-state index in [-0.39, 0.29) is 0 Å². The van der Waals surface area contributed by atoms with Gasteiger partial charge in [0.15, 0.2) is 0 Å². The lowest BCUT2D eigenvalue weighted by atomic mass is 9.94. The van der Waals surface area contributed by atoms with Gasteiger partial charge in [-0.25, -0.2) is 9.78 Å². The first-order valence-electron chi connectivity index (χ1n) is 10.7. The lowest BCUT2D eigenvalue weighted by molar-refractivity contribution is -0.142. The van der Waals surface area contributed by atoms with Crippen molar-refractivity contribution >= 4 is 33.6 Å². The molecule has 1 amide bonds. The molecule has 0 saturated heterocycles. The number of fused-ring (bicyclic) bond motifs is 1. The normalized spacial score (nSPS) is 12.5. The largest absolute Gasteiger partial charge is 0.481 e. The fourth-order valence-electron chi connectivity index (χ4n) is 3.43. The summed E-state index contributed by atoms with van der Waals surface area (Å²) in [6, 6.07) is 16.0. The molecule has 0 spiro atoms. The Bertz CT molecular complexity index is 1050. The van der Waals surface area contributed by atoms with Crippen LogP contribution in [-0.2, 0) is 16.0 Å². The van der Waals surface area contributed by atoms with E-state index in [1.165, 1.54) is 4.90 Å². The lowest BCUT2D eigenvalue weighted by Crippen LogP contribution is -2.35. The number of aromatic nitrogens is 1. The van der Waals surface area contributed by atoms with E-state index in [4.69, 9.17) is 9.72 Å². The zero-order valence-corrected chi connectivity index (χ0v) is 19.8. The van der Waals surface area contributed by atoms with Crippen LogP contribution in [-0.4, -0.2) is 46.2 Å². The van der Waals surface area contributed by atoms with Gasteiger partial charge in [0, 0.05) is 19.2 Å². The van der Waals surface area contributed by atoms with Crippen molar-refractivity contribution in [3.05, 3.63) is 54.1 Å². The summed E-state index contributed by atoms with van der Waals surface area (Å²) >= 11 is 1.63. The van der Waals surface area contributed by atoms with Crippen LogP contribution in [0.4, 0.5) is 4.79 Å². The number of carboxylic acids is 1. The summed E-state index contributed by atoms with van der Waals surface area (Å²) in [6.07, 6.45) is 1.11. The summed E-state index contributed by atoms with van der Waals surface area (Å²) in [5.74, 6) is -1.34. The third-order valence-electron chi connectivity index (χ3n) is 5.05. The standard InChI is InChI=1S/C25H30N2O4S/c1-25(2,3)31-24(30)27(4)14-8-11-19(23(28)29)16-17-9-7-10-18(15-17)22-26-20-12-5-6-13-21(20)32-22/h5-7,9-10,12-13,15,19H,8,11,14,16H2,1-4H3,(H,28,29). The summed E-state index contributed by atoms with van der Waals surface area (Å²) in [7, 11) is 1.67. The fraction of sp³-hybridized carbons (Fsp3) is 0.400. The van der Waals surface area contributed by atoms with Crippen molar-refractivity contribution in [1.29, 1.82) is 0 Å². The monoisotopic (exact) mass is 454 g/mol. The van der Waals surface area contributed by atoms with Crippen molar-refractivity contribution in [3.8, 4) is 10.6 Å². The summed E-state index contributed by atoms with van der Waals surface area (Å²) in [4.78, 5) is 30.1. The number of carboxylic acid groups (broad SMARTS) is 1. The van der Waals surface area contributed by atoms with Crippen molar-refractivity contribution in [1.82, 2.24) is 9.88 Å². The van der Waals surface area contributed by atoms with Crippen LogP contribution >= 0.6 is 11.3 Å². The molecule has 0 radical (unpaired) electrons. The van der Waals surface area contributed by atoms with Gasteiger partial charge in [0.05, 0.1) is 16.1 Å². The van der Waals surface area contributed by atoms with E-state index < -0.39 is 23.6 Å². The van der Waals surface area contributed by atoms with Gasteiger partial charge in [0.2, 0.25) is 0 Å². The van der Waals surface area contributed by atoms with Crippen LogP contribution in [0.25, 0.3) is 20.8 Å². The van der Waals surface area contributed by atoms with E-state index in [9.17, 15) is 14.7 Å². The van der Waals surface area contributed by atoms with Crippen molar-refractivity contribution in [2.24, 2.45) is 5.92 Å². The lowest BCUT2D eigenvalue weighted by Gasteiger charge is -2.25. The predicted molar refractivity (Wildman–Crippen MR) is 128 cm³/mol. The molecule has 2 aromatic carbocycles. The number of ether oxygens (including phenoxy) is 1. The highest BCUT2D eigenvalue weighted by molar-refractivity contribution is 7.21. The van der Waals surface area contributed by atoms with Crippen LogP contribution in [0.15, 0.2) is 48.5 Å². The minimum Gasteiger partial charge on any atom is -0.481 e. The zero-order valence-electron chi connectivity index (χ0n) is 19.0. The highest BCUT2D eigenvalue weighted by Gasteiger charge is 2.22. The maximum Gasteiger partial charge on any atom is 0.410 e. The molecule has 0 aliphatic rings. The molecule has 32 heavy (non-hydrogen) atoms. The van der Waals surface area contributed by atoms with E-state index in [0.717, 1.165) is 26.4 Å². The number of rotatable bonds is 8. The highest BCUT2D eigenvalue weighted by atomic mass is 32.1. The molecule has 3 rings (SSSR count). The number of aliphatic carboxylic acids is 1. The minimum atomic E-state index is -0.824. The summed E-state index contributed by atoms with van der Waals surface area (Å²) in [5.41, 5.74) is 2.38. The first kappa shape index (κ1) is 23.7. The molecule has 1 N–H and O–H groups in total. The first-order valence-corrected chi connectivity index (χ1v) is 11.6. The van der Waals surface area contributed by atoms with Gasteiger partial charge in [-0.1, -0.05) is 30.3 Å². The maximum absolute atomic E-state index is 12.1. The van der Waals surface area contributed by atoms with E-state index in [2.05, 4.69) is 6.07 Å². The second kappa shape index (κ2) is 10.1. The van der Waals surface area contributed by atoms with E-state index in [0.29, 0.717) is 25.8 Å². The molecule has 3 aromatic rings. The topological polar surface area (TPSA) is 79.7 Å². The molecule has 6 nitrogen and oxygen atoms in total. The Kier molecular flexibility index (Phi) is 7.51. The van der Waals surface area contributed by atoms with E-state index in [1.54, 1.807) is 18.4 Å².